The molecule has 0 aliphatic heterocycles. The van der Waals surface area contributed by atoms with E-state index in [0.717, 1.165) is 16.3 Å². The smallest absolute Gasteiger partial charge is 0.275 e. The maximum Gasteiger partial charge on any atom is 0.275 e. The van der Waals surface area contributed by atoms with Crippen LogP contribution in [0.25, 0.3) is 11.3 Å². The quantitative estimate of drug-likeness (QED) is 0.749. The molecule has 1 amide bonds. The van der Waals surface area contributed by atoms with Crippen molar-refractivity contribution in [3.63, 3.8) is 0 Å². The molecule has 6 nitrogen and oxygen atoms in total. The summed E-state index contributed by atoms with van der Waals surface area (Å²) >= 11 is 1.49. The van der Waals surface area contributed by atoms with Gasteiger partial charge in [0.15, 0.2) is 0 Å². The van der Waals surface area contributed by atoms with Crippen LogP contribution in [0.15, 0.2) is 36.4 Å². The van der Waals surface area contributed by atoms with Crippen LogP contribution in [0.4, 0.5) is 5.13 Å². The highest BCUT2D eigenvalue weighted by Crippen LogP contribution is 2.35. The minimum atomic E-state index is -0.214. The zero-order chi connectivity index (χ0) is 17.9. The predicted molar refractivity (Wildman–Crippen MR) is 102 cm³/mol. The summed E-state index contributed by atoms with van der Waals surface area (Å²) in [6.45, 7) is 0. The zero-order valence-corrected chi connectivity index (χ0v) is 15.5. The van der Waals surface area contributed by atoms with E-state index >= 15 is 0 Å². The van der Waals surface area contributed by atoms with Crippen LogP contribution >= 0.6 is 11.3 Å². The largest absolute Gasteiger partial charge is 0.295 e. The van der Waals surface area contributed by atoms with Crippen LogP contribution in [0, 0.1) is 0 Å². The fourth-order valence-electron chi connectivity index (χ4n) is 3.39. The molecule has 4 rings (SSSR count). The molecular formula is C19H21N5OS. The average Bonchev–Trinajstić information content (AvgIpc) is 3.30. The summed E-state index contributed by atoms with van der Waals surface area (Å²) in [5.41, 5.74) is 2.26. The van der Waals surface area contributed by atoms with Crippen molar-refractivity contribution in [2.24, 2.45) is 7.05 Å². The third kappa shape index (κ3) is 3.53. The lowest BCUT2D eigenvalue weighted by molar-refractivity contribution is 0.101. The Morgan fingerprint density at radius 2 is 1.92 bits per heavy atom. The van der Waals surface area contributed by atoms with Gasteiger partial charge in [0.05, 0.1) is 5.69 Å². The summed E-state index contributed by atoms with van der Waals surface area (Å²) in [5, 5.41) is 17.4. The first-order valence-corrected chi connectivity index (χ1v) is 9.76. The molecule has 1 aromatic carbocycles. The first-order chi connectivity index (χ1) is 12.7. The van der Waals surface area contributed by atoms with Gasteiger partial charge < -0.3 is 0 Å². The van der Waals surface area contributed by atoms with Crippen molar-refractivity contribution >= 4 is 22.4 Å². The van der Waals surface area contributed by atoms with Gasteiger partial charge in [0.2, 0.25) is 5.13 Å². The van der Waals surface area contributed by atoms with E-state index in [-0.39, 0.29) is 5.91 Å². The van der Waals surface area contributed by atoms with Crippen molar-refractivity contribution in [3.05, 3.63) is 47.1 Å². The van der Waals surface area contributed by atoms with Crippen LogP contribution in [-0.2, 0) is 7.05 Å². The first-order valence-electron chi connectivity index (χ1n) is 8.95. The number of nitrogens with one attached hydrogen (secondary N) is 1. The summed E-state index contributed by atoms with van der Waals surface area (Å²) in [5.74, 6) is 0.279. The maximum absolute atomic E-state index is 12.6. The second-order valence-electron chi connectivity index (χ2n) is 6.64. The van der Waals surface area contributed by atoms with E-state index in [0.29, 0.717) is 16.7 Å². The molecular weight excluding hydrogens is 346 g/mol. The van der Waals surface area contributed by atoms with Crippen molar-refractivity contribution in [2.45, 2.75) is 38.0 Å². The lowest BCUT2D eigenvalue weighted by atomic mass is 9.90. The molecule has 1 fully saturated rings. The third-order valence-corrected chi connectivity index (χ3v) is 5.80. The van der Waals surface area contributed by atoms with Gasteiger partial charge in [-0.15, -0.1) is 10.2 Å². The van der Waals surface area contributed by atoms with E-state index in [9.17, 15) is 4.79 Å². The van der Waals surface area contributed by atoms with Crippen molar-refractivity contribution in [2.75, 3.05) is 5.32 Å². The number of carbonyl (C=O) groups is 1. The van der Waals surface area contributed by atoms with E-state index in [4.69, 9.17) is 0 Å². The maximum atomic E-state index is 12.6. The Morgan fingerprint density at radius 3 is 2.69 bits per heavy atom. The van der Waals surface area contributed by atoms with E-state index in [1.54, 1.807) is 17.8 Å². The number of hydrogen-bond acceptors (Lipinski definition) is 5. The van der Waals surface area contributed by atoms with E-state index < -0.39 is 0 Å². The molecule has 26 heavy (non-hydrogen) atoms. The molecule has 0 radical (unpaired) electrons. The van der Waals surface area contributed by atoms with Gasteiger partial charge >= 0.3 is 0 Å². The fourth-order valence-corrected chi connectivity index (χ4v) is 4.30. The summed E-state index contributed by atoms with van der Waals surface area (Å²) in [4.78, 5) is 12.6. The normalized spacial score (nSPS) is 15.1. The topological polar surface area (TPSA) is 72.7 Å². The first kappa shape index (κ1) is 16.9. The summed E-state index contributed by atoms with van der Waals surface area (Å²) in [6.07, 6.45) is 6.16. The van der Waals surface area contributed by atoms with Gasteiger partial charge in [-0.05, 0) is 18.9 Å². The Kier molecular flexibility index (Phi) is 4.79. The van der Waals surface area contributed by atoms with Gasteiger partial charge in [-0.25, -0.2) is 0 Å². The number of nitrogens with zero attached hydrogens (tertiary/aromatic N) is 4. The van der Waals surface area contributed by atoms with Gasteiger partial charge in [-0.2, -0.15) is 5.10 Å². The molecule has 0 atom stereocenters. The number of hydrogen-bond donors (Lipinski definition) is 1. The number of amides is 1. The Balaban J connectivity index is 1.48. The molecule has 0 saturated heterocycles. The minimum absolute atomic E-state index is 0.214. The van der Waals surface area contributed by atoms with E-state index in [2.05, 4.69) is 20.6 Å². The number of carbonyl (C=O) groups excluding carboxylic acids is 1. The van der Waals surface area contributed by atoms with Crippen molar-refractivity contribution < 1.29 is 4.79 Å². The molecule has 0 unspecified atom stereocenters. The number of benzene rings is 1. The Morgan fingerprint density at radius 1 is 1.15 bits per heavy atom. The highest BCUT2D eigenvalue weighted by molar-refractivity contribution is 7.15. The van der Waals surface area contributed by atoms with Crippen LogP contribution in [0.3, 0.4) is 0 Å². The number of anilines is 1. The SMILES string of the molecule is Cn1nc(-c2ccccc2)cc1C(=O)Nc1nnc(C2CCCCC2)s1. The standard InChI is InChI=1S/C19H21N5OS/c1-24-16(12-15(23-24)13-8-4-2-5-9-13)17(25)20-19-22-21-18(26-19)14-10-6-3-7-11-14/h2,4-5,8-9,12,14H,3,6-7,10-11H2,1H3,(H,20,22,25). The number of aryl methyl sites for hydroxylation is 1. The molecule has 3 aromatic rings. The van der Waals surface area contributed by atoms with Crippen molar-refractivity contribution in [1.29, 1.82) is 0 Å². The van der Waals surface area contributed by atoms with Gasteiger partial charge in [0.25, 0.3) is 5.91 Å². The third-order valence-electron chi connectivity index (χ3n) is 4.80. The van der Waals surface area contributed by atoms with Gasteiger partial charge in [0, 0.05) is 18.5 Å². The highest BCUT2D eigenvalue weighted by atomic mass is 32.1. The lowest BCUT2D eigenvalue weighted by Gasteiger charge is -2.18. The van der Waals surface area contributed by atoms with Crippen LogP contribution in [-0.4, -0.2) is 25.9 Å². The molecule has 134 valence electrons. The second kappa shape index (κ2) is 7.37. The zero-order valence-electron chi connectivity index (χ0n) is 14.7. The lowest BCUT2D eigenvalue weighted by Crippen LogP contribution is -2.15. The summed E-state index contributed by atoms with van der Waals surface area (Å²) in [7, 11) is 1.77. The number of aromatic nitrogens is 4. The van der Waals surface area contributed by atoms with Gasteiger partial charge in [-0.3, -0.25) is 14.8 Å². The van der Waals surface area contributed by atoms with Crippen LogP contribution < -0.4 is 5.32 Å². The van der Waals surface area contributed by atoms with Crippen molar-refractivity contribution in [1.82, 2.24) is 20.0 Å². The molecule has 1 N–H and O–H groups in total. The van der Waals surface area contributed by atoms with Crippen molar-refractivity contribution in [3.8, 4) is 11.3 Å². The molecule has 1 saturated carbocycles. The highest BCUT2D eigenvalue weighted by Gasteiger charge is 2.21. The van der Waals surface area contributed by atoms with Crippen LogP contribution in [0.5, 0.6) is 0 Å². The van der Waals surface area contributed by atoms with Gasteiger partial charge in [-0.1, -0.05) is 60.9 Å². The molecule has 1 aliphatic rings. The summed E-state index contributed by atoms with van der Waals surface area (Å²) < 4.78 is 1.60. The molecule has 2 aromatic heterocycles. The monoisotopic (exact) mass is 367 g/mol. The molecule has 2 heterocycles. The number of rotatable bonds is 4. The molecule has 0 bridgehead atoms. The van der Waals surface area contributed by atoms with Crippen LogP contribution in [0.1, 0.15) is 53.5 Å². The Labute approximate surface area is 156 Å². The van der Waals surface area contributed by atoms with E-state index in [1.165, 1.54) is 43.4 Å². The Hall–Kier alpha value is -2.54. The van der Waals surface area contributed by atoms with Crippen LogP contribution in [0.2, 0.25) is 0 Å². The fraction of sp³-hybridized carbons (Fsp3) is 0.368. The Bertz CT molecular complexity index is 896. The molecule has 7 heteroatoms. The summed E-state index contributed by atoms with van der Waals surface area (Å²) in [6, 6.07) is 11.6. The predicted octanol–water partition coefficient (Wildman–Crippen LogP) is 4.24. The minimum Gasteiger partial charge on any atom is -0.295 e. The van der Waals surface area contributed by atoms with E-state index in [1.807, 2.05) is 30.3 Å². The van der Waals surface area contributed by atoms with Gasteiger partial charge in [0.1, 0.15) is 10.7 Å². The molecule has 1 aliphatic carbocycles. The molecule has 0 spiro atoms. The average molecular weight is 367 g/mol. The second-order valence-corrected chi connectivity index (χ2v) is 7.65.